The first-order chi connectivity index (χ1) is 11.8. The Labute approximate surface area is 143 Å². The number of carbonyl (C=O) groups excluding carboxylic acids is 1. The summed E-state index contributed by atoms with van der Waals surface area (Å²) in [5.74, 6) is 0.548. The molecule has 134 valence electrons. The number of nitrogens with one attached hydrogen (secondary N) is 1. The van der Waals surface area contributed by atoms with E-state index in [0.29, 0.717) is 17.1 Å². The quantitative estimate of drug-likeness (QED) is 0.855. The van der Waals surface area contributed by atoms with Crippen molar-refractivity contribution in [2.45, 2.75) is 19.1 Å². The average Bonchev–Trinajstić information content (AvgIpc) is 2.59. The lowest BCUT2D eigenvalue weighted by molar-refractivity contribution is -0.137. The van der Waals surface area contributed by atoms with E-state index in [2.05, 4.69) is 5.32 Å². The molecule has 0 aliphatic heterocycles. The molecule has 25 heavy (non-hydrogen) atoms. The molecular formula is C18H18F3NO3. The van der Waals surface area contributed by atoms with Crippen molar-refractivity contribution in [1.82, 2.24) is 5.32 Å². The molecule has 0 aromatic heterocycles. The lowest BCUT2D eigenvalue weighted by atomic mass is 10.1. The van der Waals surface area contributed by atoms with Gasteiger partial charge in [0.1, 0.15) is 0 Å². The lowest BCUT2D eigenvalue weighted by Crippen LogP contribution is -2.31. The van der Waals surface area contributed by atoms with Gasteiger partial charge in [-0.3, -0.25) is 4.79 Å². The van der Waals surface area contributed by atoms with Crippen LogP contribution in [0.4, 0.5) is 13.2 Å². The van der Waals surface area contributed by atoms with E-state index < -0.39 is 23.7 Å². The predicted octanol–water partition coefficient (Wildman–Crippen LogP) is 3.97. The van der Waals surface area contributed by atoms with Crippen LogP contribution in [-0.4, -0.2) is 19.6 Å². The predicted molar refractivity (Wildman–Crippen MR) is 86.5 cm³/mol. The van der Waals surface area contributed by atoms with Crippen molar-refractivity contribution in [1.29, 1.82) is 0 Å². The van der Waals surface area contributed by atoms with Crippen LogP contribution >= 0.6 is 0 Å². The van der Waals surface area contributed by atoms with E-state index in [0.717, 1.165) is 12.1 Å². The SMILES string of the molecule is COc1ccccc1OCC(=O)NC(C)c1ccc(C(F)(F)F)cc1. The minimum atomic E-state index is -4.38. The third kappa shape index (κ3) is 5.14. The van der Waals surface area contributed by atoms with Gasteiger partial charge in [0.25, 0.3) is 5.91 Å². The molecule has 1 amide bonds. The Hall–Kier alpha value is -2.70. The van der Waals surface area contributed by atoms with Gasteiger partial charge in [0.2, 0.25) is 0 Å². The van der Waals surface area contributed by atoms with Gasteiger partial charge < -0.3 is 14.8 Å². The Kier molecular flexibility index (Phi) is 5.90. The molecule has 0 radical (unpaired) electrons. The van der Waals surface area contributed by atoms with Crippen LogP contribution in [0.1, 0.15) is 24.1 Å². The van der Waals surface area contributed by atoms with Gasteiger partial charge in [0.05, 0.1) is 18.7 Å². The van der Waals surface area contributed by atoms with Gasteiger partial charge in [0, 0.05) is 0 Å². The number of carbonyl (C=O) groups is 1. The molecule has 2 rings (SSSR count). The van der Waals surface area contributed by atoms with Crippen LogP contribution in [0.15, 0.2) is 48.5 Å². The van der Waals surface area contributed by atoms with Crippen LogP contribution in [0.2, 0.25) is 0 Å². The van der Waals surface area contributed by atoms with Crippen molar-refractivity contribution in [2.24, 2.45) is 0 Å². The Morgan fingerprint density at radius 2 is 1.68 bits per heavy atom. The molecule has 0 saturated heterocycles. The molecule has 0 saturated carbocycles. The number of hydrogen-bond acceptors (Lipinski definition) is 3. The second-order valence-corrected chi connectivity index (χ2v) is 5.35. The standard InChI is InChI=1S/C18H18F3NO3/c1-12(13-7-9-14(10-8-13)18(19,20)21)22-17(23)11-25-16-6-4-3-5-15(16)24-2/h3-10,12H,11H2,1-2H3,(H,22,23). The monoisotopic (exact) mass is 353 g/mol. The van der Waals surface area contributed by atoms with Crippen LogP contribution < -0.4 is 14.8 Å². The Bertz CT molecular complexity index is 714. The fraction of sp³-hybridized carbons (Fsp3) is 0.278. The van der Waals surface area contributed by atoms with Gasteiger partial charge in [0.15, 0.2) is 18.1 Å². The highest BCUT2D eigenvalue weighted by Crippen LogP contribution is 2.30. The van der Waals surface area contributed by atoms with Gasteiger partial charge in [-0.15, -0.1) is 0 Å². The number of ether oxygens (including phenoxy) is 2. The number of hydrogen-bond donors (Lipinski definition) is 1. The lowest BCUT2D eigenvalue weighted by Gasteiger charge is -2.16. The van der Waals surface area contributed by atoms with E-state index in [1.807, 2.05) is 0 Å². The molecule has 7 heteroatoms. The van der Waals surface area contributed by atoms with Crippen molar-refractivity contribution in [3.63, 3.8) is 0 Å². The fourth-order valence-electron chi connectivity index (χ4n) is 2.21. The molecule has 0 bridgehead atoms. The van der Waals surface area contributed by atoms with E-state index in [1.165, 1.54) is 19.2 Å². The van der Waals surface area contributed by atoms with Crippen LogP contribution in [0.5, 0.6) is 11.5 Å². The van der Waals surface area contributed by atoms with Crippen LogP contribution in [-0.2, 0) is 11.0 Å². The summed E-state index contributed by atoms with van der Waals surface area (Å²) >= 11 is 0. The third-order valence-corrected chi connectivity index (χ3v) is 3.54. The molecule has 4 nitrogen and oxygen atoms in total. The zero-order chi connectivity index (χ0) is 18.4. The third-order valence-electron chi connectivity index (χ3n) is 3.54. The Morgan fingerprint density at radius 3 is 2.24 bits per heavy atom. The van der Waals surface area contributed by atoms with Gasteiger partial charge in [-0.05, 0) is 36.8 Å². The molecule has 0 aliphatic rings. The number of alkyl halides is 3. The van der Waals surface area contributed by atoms with Crippen molar-refractivity contribution in [3.05, 3.63) is 59.7 Å². The molecule has 2 aromatic rings. The Morgan fingerprint density at radius 1 is 1.08 bits per heavy atom. The number of amides is 1. The smallest absolute Gasteiger partial charge is 0.416 e. The van der Waals surface area contributed by atoms with E-state index >= 15 is 0 Å². The molecule has 1 N–H and O–H groups in total. The second kappa shape index (κ2) is 7.92. The summed E-state index contributed by atoms with van der Waals surface area (Å²) in [6.07, 6.45) is -4.38. The number of halogens is 3. The first kappa shape index (κ1) is 18.6. The number of rotatable bonds is 6. The van der Waals surface area contributed by atoms with E-state index in [1.54, 1.807) is 31.2 Å². The first-order valence-electron chi connectivity index (χ1n) is 7.53. The van der Waals surface area contributed by atoms with Crippen molar-refractivity contribution in [2.75, 3.05) is 13.7 Å². The molecule has 0 aliphatic carbocycles. The number of benzene rings is 2. The molecule has 1 unspecified atom stereocenters. The summed E-state index contributed by atoms with van der Waals surface area (Å²) in [6.45, 7) is 1.45. The summed E-state index contributed by atoms with van der Waals surface area (Å²) in [5, 5.41) is 2.68. The van der Waals surface area contributed by atoms with Crippen molar-refractivity contribution in [3.8, 4) is 11.5 Å². The highest BCUT2D eigenvalue weighted by Gasteiger charge is 2.30. The normalized spacial score (nSPS) is 12.4. The van der Waals surface area contributed by atoms with Gasteiger partial charge in [-0.2, -0.15) is 13.2 Å². The largest absolute Gasteiger partial charge is 0.493 e. The maximum absolute atomic E-state index is 12.6. The molecule has 0 spiro atoms. The summed E-state index contributed by atoms with van der Waals surface area (Å²) in [5.41, 5.74) is -0.159. The van der Waals surface area contributed by atoms with Crippen LogP contribution in [0.3, 0.4) is 0 Å². The molecule has 1 atom stereocenters. The summed E-state index contributed by atoms with van der Waals surface area (Å²) in [7, 11) is 1.49. The summed E-state index contributed by atoms with van der Waals surface area (Å²) in [6, 6.07) is 11.1. The topological polar surface area (TPSA) is 47.6 Å². The second-order valence-electron chi connectivity index (χ2n) is 5.35. The number of methoxy groups -OCH3 is 1. The van der Waals surface area contributed by atoms with Gasteiger partial charge in [-0.25, -0.2) is 0 Å². The van der Waals surface area contributed by atoms with Gasteiger partial charge >= 0.3 is 6.18 Å². The summed E-state index contributed by atoms with van der Waals surface area (Å²) < 4.78 is 48.2. The van der Waals surface area contributed by atoms with Crippen molar-refractivity contribution >= 4 is 5.91 Å². The highest BCUT2D eigenvalue weighted by atomic mass is 19.4. The highest BCUT2D eigenvalue weighted by molar-refractivity contribution is 5.78. The first-order valence-corrected chi connectivity index (χ1v) is 7.53. The number of para-hydroxylation sites is 2. The maximum atomic E-state index is 12.6. The molecule has 0 fully saturated rings. The van der Waals surface area contributed by atoms with E-state index in [4.69, 9.17) is 9.47 Å². The maximum Gasteiger partial charge on any atom is 0.416 e. The van der Waals surface area contributed by atoms with Crippen molar-refractivity contribution < 1.29 is 27.4 Å². The minimum Gasteiger partial charge on any atom is -0.493 e. The average molecular weight is 353 g/mol. The van der Waals surface area contributed by atoms with Crippen LogP contribution in [0.25, 0.3) is 0 Å². The zero-order valence-electron chi connectivity index (χ0n) is 13.8. The minimum absolute atomic E-state index is 0.231. The molecule has 0 heterocycles. The molecular weight excluding hydrogens is 335 g/mol. The van der Waals surface area contributed by atoms with E-state index in [-0.39, 0.29) is 6.61 Å². The Balaban J connectivity index is 1.91. The van der Waals surface area contributed by atoms with Gasteiger partial charge in [-0.1, -0.05) is 24.3 Å². The summed E-state index contributed by atoms with van der Waals surface area (Å²) in [4.78, 5) is 12.0. The van der Waals surface area contributed by atoms with E-state index in [9.17, 15) is 18.0 Å². The fourth-order valence-corrected chi connectivity index (χ4v) is 2.21. The zero-order valence-corrected chi connectivity index (χ0v) is 13.8. The van der Waals surface area contributed by atoms with Crippen LogP contribution in [0, 0.1) is 0 Å². The molecule has 2 aromatic carbocycles.